The van der Waals surface area contributed by atoms with Gasteiger partial charge in [0.15, 0.2) is 6.54 Å². The van der Waals surface area contributed by atoms with Crippen molar-refractivity contribution in [3.63, 3.8) is 0 Å². The van der Waals surface area contributed by atoms with Gasteiger partial charge in [-0.25, -0.2) is 9.82 Å². The van der Waals surface area contributed by atoms with Crippen LogP contribution in [0.2, 0.25) is 0 Å². The van der Waals surface area contributed by atoms with Crippen LogP contribution in [0.4, 0.5) is 4.39 Å². The molecule has 1 fully saturated rings. The number of likely N-dealkylation sites (tertiary alicyclic amines) is 1. The third kappa shape index (κ3) is 5.09. The first-order valence-corrected chi connectivity index (χ1v) is 7.15. The van der Waals surface area contributed by atoms with Crippen LogP contribution in [0.25, 0.3) is 0 Å². The van der Waals surface area contributed by atoms with Gasteiger partial charge in [0.2, 0.25) is 0 Å². The highest BCUT2D eigenvalue weighted by atomic mass is 19.1. The van der Waals surface area contributed by atoms with Crippen LogP contribution in [0.5, 0.6) is 0 Å². The van der Waals surface area contributed by atoms with Crippen LogP contribution in [0, 0.1) is 5.82 Å². The van der Waals surface area contributed by atoms with Crippen LogP contribution in [-0.2, 0) is 4.79 Å². The minimum absolute atomic E-state index is 0.0692. The molecule has 108 valence electrons. The van der Waals surface area contributed by atoms with E-state index in [2.05, 4.69) is 10.5 Å². The monoisotopic (exact) mass is 278 g/mol. The van der Waals surface area contributed by atoms with Crippen molar-refractivity contribution in [1.29, 1.82) is 0 Å². The summed E-state index contributed by atoms with van der Waals surface area (Å²) in [6, 6.07) is 5.96. The van der Waals surface area contributed by atoms with Crippen LogP contribution in [0.3, 0.4) is 0 Å². The Morgan fingerprint density at radius 2 is 1.85 bits per heavy atom. The Morgan fingerprint density at radius 3 is 2.50 bits per heavy atom. The van der Waals surface area contributed by atoms with E-state index >= 15 is 0 Å². The fourth-order valence-corrected chi connectivity index (χ4v) is 2.40. The fraction of sp³-hybridized carbons (Fsp3) is 0.467. The van der Waals surface area contributed by atoms with Crippen molar-refractivity contribution in [3.05, 3.63) is 35.6 Å². The van der Waals surface area contributed by atoms with Crippen LogP contribution in [0.15, 0.2) is 29.4 Å². The van der Waals surface area contributed by atoms with Gasteiger partial charge in [0.25, 0.3) is 5.91 Å². The number of carbonyl (C=O) groups excluding carboxylic acids is 1. The van der Waals surface area contributed by atoms with Gasteiger partial charge in [-0.1, -0.05) is 12.1 Å². The summed E-state index contributed by atoms with van der Waals surface area (Å²) in [7, 11) is 0. The summed E-state index contributed by atoms with van der Waals surface area (Å²) >= 11 is 0. The number of hydrogen-bond donors (Lipinski definition) is 2. The Kier molecular flexibility index (Phi) is 5.68. The zero-order valence-corrected chi connectivity index (χ0v) is 11.6. The number of quaternary nitrogens is 1. The van der Waals surface area contributed by atoms with Gasteiger partial charge in [-0.05, 0) is 43.4 Å². The molecular weight excluding hydrogens is 257 g/mol. The smallest absolute Gasteiger partial charge is 0.295 e. The van der Waals surface area contributed by atoms with Gasteiger partial charge in [0, 0.05) is 0 Å². The largest absolute Gasteiger partial charge is 0.327 e. The molecule has 1 aliphatic heterocycles. The molecule has 0 aliphatic carbocycles. The van der Waals surface area contributed by atoms with Crippen LogP contribution < -0.4 is 10.3 Å². The summed E-state index contributed by atoms with van der Waals surface area (Å²) < 4.78 is 12.7. The van der Waals surface area contributed by atoms with Gasteiger partial charge in [0.1, 0.15) is 5.82 Å². The van der Waals surface area contributed by atoms with Crippen molar-refractivity contribution in [2.75, 3.05) is 19.6 Å². The third-order valence-corrected chi connectivity index (χ3v) is 3.49. The number of hydrogen-bond acceptors (Lipinski definition) is 2. The second-order valence-corrected chi connectivity index (χ2v) is 5.19. The molecule has 5 heteroatoms. The van der Waals surface area contributed by atoms with E-state index < -0.39 is 0 Å². The van der Waals surface area contributed by atoms with Crippen LogP contribution >= 0.6 is 0 Å². The van der Waals surface area contributed by atoms with E-state index in [4.69, 9.17) is 0 Å². The van der Waals surface area contributed by atoms with Crippen molar-refractivity contribution >= 4 is 12.1 Å². The summed E-state index contributed by atoms with van der Waals surface area (Å²) in [4.78, 5) is 13.1. The lowest BCUT2D eigenvalue weighted by molar-refractivity contribution is -0.891. The first-order valence-electron chi connectivity index (χ1n) is 7.15. The molecule has 4 nitrogen and oxygen atoms in total. The molecule has 0 radical (unpaired) electrons. The van der Waals surface area contributed by atoms with Crippen molar-refractivity contribution in [2.24, 2.45) is 5.10 Å². The van der Waals surface area contributed by atoms with Crippen molar-refractivity contribution in [3.8, 4) is 0 Å². The van der Waals surface area contributed by atoms with E-state index in [1.165, 1.54) is 48.9 Å². The molecule has 2 rings (SSSR count). The number of hydrazone groups is 1. The van der Waals surface area contributed by atoms with Gasteiger partial charge < -0.3 is 4.90 Å². The summed E-state index contributed by atoms with van der Waals surface area (Å²) in [5.74, 6) is -0.351. The molecular formula is C15H21FN3O+. The van der Waals surface area contributed by atoms with Crippen molar-refractivity contribution in [1.82, 2.24) is 5.43 Å². The second kappa shape index (κ2) is 7.75. The van der Waals surface area contributed by atoms with Crippen molar-refractivity contribution < 1.29 is 14.1 Å². The summed E-state index contributed by atoms with van der Waals surface area (Å²) in [5, 5.41) is 3.90. The quantitative estimate of drug-likeness (QED) is 0.619. The summed E-state index contributed by atoms with van der Waals surface area (Å²) in [5.41, 5.74) is 3.29. The van der Waals surface area contributed by atoms with E-state index in [1.54, 1.807) is 12.1 Å². The molecule has 0 saturated carbocycles. The molecule has 1 aromatic carbocycles. The molecule has 2 N–H and O–H groups in total. The molecule has 1 aromatic rings. The minimum atomic E-state index is -0.282. The highest BCUT2D eigenvalue weighted by Crippen LogP contribution is 2.00. The minimum Gasteiger partial charge on any atom is -0.327 e. The normalized spacial score (nSPS) is 17.1. The summed E-state index contributed by atoms with van der Waals surface area (Å²) in [6.45, 7) is 2.60. The fourth-order valence-electron chi connectivity index (χ4n) is 2.40. The second-order valence-electron chi connectivity index (χ2n) is 5.19. The van der Waals surface area contributed by atoms with E-state index in [1.807, 2.05) is 0 Å². The predicted molar refractivity (Wildman–Crippen MR) is 76.2 cm³/mol. The Balaban J connectivity index is 1.75. The Hall–Kier alpha value is -1.75. The van der Waals surface area contributed by atoms with Gasteiger partial charge in [-0.3, -0.25) is 4.79 Å². The predicted octanol–water partition coefficient (Wildman–Crippen LogP) is 0.735. The van der Waals surface area contributed by atoms with Gasteiger partial charge in [-0.2, -0.15) is 5.10 Å². The maximum atomic E-state index is 12.7. The Morgan fingerprint density at radius 1 is 1.20 bits per heavy atom. The third-order valence-electron chi connectivity index (χ3n) is 3.49. The molecule has 0 unspecified atom stereocenters. The number of nitrogens with one attached hydrogen (secondary N) is 2. The Labute approximate surface area is 118 Å². The molecule has 0 aromatic heterocycles. The van der Waals surface area contributed by atoms with Gasteiger partial charge >= 0.3 is 0 Å². The van der Waals surface area contributed by atoms with E-state index in [0.717, 1.165) is 18.7 Å². The summed E-state index contributed by atoms with van der Waals surface area (Å²) in [6.07, 6.45) is 6.46. The lowest BCUT2D eigenvalue weighted by Crippen LogP contribution is -3.13. The first kappa shape index (κ1) is 14.7. The van der Waals surface area contributed by atoms with Crippen LogP contribution in [0.1, 0.15) is 31.2 Å². The van der Waals surface area contributed by atoms with E-state index in [-0.39, 0.29) is 11.7 Å². The maximum absolute atomic E-state index is 12.7. The number of carbonyl (C=O) groups is 1. The lowest BCUT2D eigenvalue weighted by Gasteiger charge is -2.15. The highest BCUT2D eigenvalue weighted by molar-refractivity contribution is 5.82. The standard InChI is InChI=1S/C15H20FN3O/c16-14-7-5-13(6-8-14)11-17-18-15(20)12-19-9-3-1-2-4-10-19/h5-8,11H,1-4,9-10,12H2,(H,18,20)/p+1/b17-11-. The number of benzene rings is 1. The number of amides is 1. The topological polar surface area (TPSA) is 45.9 Å². The molecule has 0 bridgehead atoms. The molecule has 20 heavy (non-hydrogen) atoms. The number of rotatable bonds is 4. The average Bonchev–Trinajstić information content (AvgIpc) is 2.70. The van der Waals surface area contributed by atoms with Gasteiger partial charge in [0.05, 0.1) is 19.3 Å². The number of nitrogens with zero attached hydrogens (tertiary/aromatic N) is 1. The van der Waals surface area contributed by atoms with E-state index in [9.17, 15) is 9.18 Å². The van der Waals surface area contributed by atoms with Crippen LogP contribution in [-0.4, -0.2) is 31.8 Å². The molecule has 1 heterocycles. The first-order chi connectivity index (χ1) is 9.74. The molecule has 1 amide bonds. The Bertz CT molecular complexity index is 451. The lowest BCUT2D eigenvalue weighted by atomic mass is 10.2. The zero-order valence-electron chi connectivity index (χ0n) is 11.6. The van der Waals surface area contributed by atoms with Crippen molar-refractivity contribution in [2.45, 2.75) is 25.7 Å². The molecule has 1 saturated heterocycles. The average molecular weight is 278 g/mol. The van der Waals surface area contributed by atoms with Gasteiger partial charge in [-0.15, -0.1) is 0 Å². The highest BCUT2D eigenvalue weighted by Gasteiger charge is 2.15. The molecule has 1 aliphatic rings. The molecule has 0 atom stereocenters. The maximum Gasteiger partial charge on any atom is 0.295 e. The molecule has 0 spiro atoms. The number of halogens is 1. The zero-order chi connectivity index (χ0) is 14.2. The SMILES string of the molecule is O=C(C[NH+]1CCCCCC1)N/N=C\c1ccc(F)cc1. The van der Waals surface area contributed by atoms with E-state index in [0.29, 0.717) is 6.54 Å².